The summed E-state index contributed by atoms with van der Waals surface area (Å²) < 4.78 is 43.6. The molecule has 2 aromatic rings. The van der Waals surface area contributed by atoms with Gasteiger partial charge in [0.15, 0.2) is 6.73 Å². The molecular formula is C17H18ClFN2O6S. The average Bonchev–Trinajstić information content (AvgIpc) is 2.55. The van der Waals surface area contributed by atoms with Gasteiger partial charge in [-0.25, -0.2) is 17.6 Å². The van der Waals surface area contributed by atoms with Crippen molar-refractivity contribution in [2.24, 2.45) is 0 Å². The van der Waals surface area contributed by atoms with Crippen LogP contribution in [0.4, 0.5) is 4.39 Å². The fourth-order valence-electron chi connectivity index (χ4n) is 2.67. The van der Waals surface area contributed by atoms with E-state index in [1.165, 1.54) is 19.1 Å². The molecule has 0 saturated carbocycles. The summed E-state index contributed by atoms with van der Waals surface area (Å²) in [6.45, 7) is 2.01. The smallest absolute Gasteiger partial charge is 0.334 e. The van der Waals surface area contributed by atoms with Crippen molar-refractivity contribution in [3.8, 4) is 11.1 Å². The second kappa shape index (κ2) is 8.27. The number of aromatic nitrogens is 2. The Bertz CT molecular complexity index is 1140. The van der Waals surface area contributed by atoms with Crippen molar-refractivity contribution in [2.75, 3.05) is 12.0 Å². The van der Waals surface area contributed by atoms with Crippen LogP contribution in [0.15, 0.2) is 34.0 Å². The molecule has 1 atom stereocenters. The van der Waals surface area contributed by atoms with Crippen LogP contribution in [0.25, 0.3) is 11.1 Å². The van der Waals surface area contributed by atoms with Crippen LogP contribution in [-0.4, -0.2) is 35.5 Å². The first-order valence-electron chi connectivity index (χ1n) is 8.04. The van der Waals surface area contributed by atoms with Crippen molar-refractivity contribution in [1.82, 2.24) is 9.13 Å². The topological polar surface area (TPSA) is 104 Å². The van der Waals surface area contributed by atoms with Crippen molar-refractivity contribution in [3.05, 3.63) is 56.1 Å². The summed E-state index contributed by atoms with van der Waals surface area (Å²) in [6.07, 6.45) is 2.07. The molecule has 8 nitrogen and oxygen atoms in total. The highest BCUT2D eigenvalue weighted by atomic mass is 35.5. The molecule has 0 N–H and O–H groups in total. The highest BCUT2D eigenvalue weighted by Gasteiger charge is 2.22. The van der Waals surface area contributed by atoms with Crippen molar-refractivity contribution < 1.29 is 22.3 Å². The molecule has 0 aliphatic heterocycles. The van der Waals surface area contributed by atoms with Gasteiger partial charge in [-0.05, 0) is 13.0 Å². The molecule has 0 spiro atoms. The molecule has 11 heteroatoms. The predicted octanol–water partition coefficient (Wildman–Crippen LogP) is 1.60. The van der Waals surface area contributed by atoms with E-state index in [0.717, 1.165) is 34.6 Å². The van der Waals surface area contributed by atoms with Gasteiger partial charge >= 0.3 is 11.7 Å². The first kappa shape index (κ1) is 21.8. The Hall–Kier alpha value is -2.46. The zero-order valence-electron chi connectivity index (χ0n) is 15.3. The third-order valence-electron chi connectivity index (χ3n) is 3.82. The summed E-state index contributed by atoms with van der Waals surface area (Å²) in [5.74, 6) is -1.91. The minimum absolute atomic E-state index is 0.0172. The Morgan fingerprint density at radius 2 is 1.93 bits per heavy atom. The van der Waals surface area contributed by atoms with Crippen LogP contribution in [0, 0.1) is 5.82 Å². The molecule has 2 rings (SSSR count). The molecule has 0 radical (unpaired) electrons. The molecule has 0 unspecified atom stereocenters. The Morgan fingerprint density at radius 1 is 1.29 bits per heavy atom. The second-order valence-electron chi connectivity index (χ2n) is 6.28. The molecule has 28 heavy (non-hydrogen) atoms. The van der Waals surface area contributed by atoms with E-state index in [4.69, 9.17) is 16.3 Å². The number of benzene rings is 1. The lowest BCUT2D eigenvalue weighted by Gasteiger charge is -2.18. The van der Waals surface area contributed by atoms with Gasteiger partial charge in [-0.2, -0.15) is 0 Å². The van der Waals surface area contributed by atoms with Crippen molar-refractivity contribution >= 4 is 27.4 Å². The third kappa shape index (κ3) is 4.87. The van der Waals surface area contributed by atoms with Gasteiger partial charge in [-0.3, -0.25) is 18.7 Å². The van der Waals surface area contributed by atoms with Gasteiger partial charge < -0.3 is 4.74 Å². The van der Waals surface area contributed by atoms with E-state index >= 15 is 0 Å². The van der Waals surface area contributed by atoms with Crippen LogP contribution in [0.1, 0.15) is 19.9 Å². The minimum atomic E-state index is -3.52. The van der Waals surface area contributed by atoms with Crippen LogP contribution < -0.4 is 11.2 Å². The molecule has 0 aliphatic rings. The van der Waals surface area contributed by atoms with E-state index in [1.54, 1.807) is 0 Å². The normalized spacial score (nSPS) is 12.6. The van der Waals surface area contributed by atoms with Gasteiger partial charge in [0.05, 0.1) is 22.4 Å². The predicted molar refractivity (Wildman–Crippen MR) is 102 cm³/mol. The van der Waals surface area contributed by atoms with Gasteiger partial charge in [-0.1, -0.05) is 23.7 Å². The van der Waals surface area contributed by atoms with Gasteiger partial charge in [-0.15, -0.1) is 0 Å². The fraction of sp³-hybridized carbons (Fsp3) is 0.353. The number of rotatable bonds is 6. The maximum Gasteiger partial charge on any atom is 0.334 e. The molecule has 1 heterocycles. The number of sulfone groups is 1. The zero-order valence-corrected chi connectivity index (χ0v) is 16.9. The molecular weight excluding hydrogens is 415 g/mol. The van der Waals surface area contributed by atoms with Crippen LogP contribution in [-0.2, 0) is 26.1 Å². The van der Waals surface area contributed by atoms with Gasteiger partial charge in [0.25, 0.3) is 5.56 Å². The lowest BCUT2D eigenvalue weighted by molar-refractivity contribution is -0.144. The number of hydrogen-bond acceptors (Lipinski definition) is 6. The minimum Gasteiger partial charge on any atom is -0.444 e. The highest BCUT2D eigenvalue weighted by Crippen LogP contribution is 2.27. The quantitative estimate of drug-likeness (QED) is 0.642. The van der Waals surface area contributed by atoms with E-state index < -0.39 is 51.4 Å². The summed E-state index contributed by atoms with van der Waals surface area (Å²) in [7, 11) is -3.52. The van der Waals surface area contributed by atoms with E-state index in [0.29, 0.717) is 0 Å². The van der Waals surface area contributed by atoms with Crippen molar-refractivity contribution in [3.63, 3.8) is 0 Å². The molecule has 0 saturated heterocycles. The molecule has 1 aromatic carbocycles. The number of carbonyl (C=O) groups excluding carboxylic acids is 1. The maximum absolute atomic E-state index is 13.9. The van der Waals surface area contributed by atoms with Crippen LogP contribution >= 0.6 is 11.6 Å². The lowest BCUT2D eigenvalue weighted by atomic mass is 10.1. The zero-order chi connectivity index (χ0) is 21.2. The standard InChI is InChI=1S/C17H18ClFN2O6S/c1-10(8-28(3,25)26)21-16(23)13(12-5-4-6-14(19)15(12)18)7-20(17(21)24)9-27-11(2)22/h4-7,10H,8-9H2,1-3H3/t10-/m1/s1. The average molecular weight is 433 g/mol. The largest absolute Gasteiger partial charge is 0.444 e. The Labute approximate surface area is 165 Å². The van der Waals surface area contributed by atoms with Crippen molar-refractivity contribution in [1.29, 1.82) is 0 Å². The van der Waals surface area contributed by atoms with Gasteiger partial charge in [0.1, 0.15) is 15.7 Å². The molecule has 0 bridgehead atoms. The monoisotopic (exact) mass is 432 g/mol. The SMILES string of the molecule is CC(=O)OCn1cc(-c2cccc(F)c2Cl)c(=O)n([C@H](C)CS(C)(=O)=O)c1=O. The summed E-state index contributed by atoms with van der Waals surface area (Å²) in [5.41, 5.74) is -1.84. The molecule has 152 valence electrons. The summed E-state index contributed by atoms with van der Waals surface area (Å²) in [4.78, 5) is 36.7. The Morgan fingerprint density at radius 3 is 2.50 bits per heavy atom. The summed E-state index contributed by atoms with van der Waals surface area (Å²) in [6, 6.07) is 2.80. The number of halogens is 2. The number of nitrogens with zero attached hydrogens (tertiary/aromatic N) is 2. The third-order valence-corrected chi connectivity index (χ3v) is 5.29. The Kier molecular flexibility index (Phi) is 6.45. The van der Waals surface area contributed by atoms with Gasteiger partial charge in [0, 0.05) is 24.9 Å². The number of ether oxygens (including phenoxy) is 1. The van der Waals surface area contributed by atoms with Gasteiger partial charge in [0.2, 0.25) is 0 Å². The molecule has 1 aromatic heterocycles. The molecule has 0 aliphatic carbocycles. The summed E-state index contributed by atoms with van der Waals surface area (Å²) in [5, 5.41) is -0.334. The first-order valence-corrected chi connectivity index (χ1v) is 10.5. The molecule has 0 amide bonds. The first-order chi connectivity index (χ1) is 12.9. The van der Waals surface area contributed by atoms with E-state index in [1.807, 2.05) is 0 Å². The fourth-order valence-corrected chi connectivity index (χ4v) is 3.93. The second-order valence-corrected chi connectivity index (χ2v) is 8.84. The van der Waals surface area contributed by atoms with E-state index in [-0.39, 0.29) is 16.1 Å². The number of esters is 1. The number of hydrogen-bond donors (Lipinski definition) is 0. The number of carbonyl (C=O) groups is 1. The van der Waals surface area contributed by atoms with E-state index in [2.05, 4.69) is 0 Å². The Balaban J connectivity index is 2.78. The lowest BCUT2D eigenvalue weighted by Crippen LogP contribution is -2.43. The maximum atomic E-state index is 13.9. The highest BCUT2D eigenvalue weighted by molar-refractivity contribution is 7.90. The van der Waals surface area contributed by atoms with Crippen LogP contribution in [0.2, 0.25) is 5.02 Å². The van der Waals surface area contributed by atoms with E-state index in [9.17, 15) is 27.2 Å². The van der Waals surface area contributed by atoms with Crippen LogP contribution in [0.5, 0.6) is 0 Å². The van der Waals surface area contributed by atoms with Crippen LogP contribution in [0.3, 0.4) is 0 Å². The molecule has 0 fully saturated rings. The summed E-state index contributed by atoms with van der Waals surface area (Å²) >= 11 is 5.97. The van der Waals surface area contributed by atoms with Crippen molar-refractivity contribution in [2.45, 2.75) is 26.6 Å².